The van der Waals surface area contributed by atoms with E-state index in [2.05, 4.69) is 53.7 Å². The highest BCUT2D eigenvalue weighted by Crippen LogP contribution is 2.16. The number of hydrogen-bond acceptors (Lipinski definition) is 2. The Hall–Kier alpha value is -1.31. The highest BCUT2D eigenvalue weighted by molar-refractivity contribution is 14.0. The van der Waals surface area contributed by atoms with Crippen LogP contribution in [0.1, 0.15) is 44.2 Å². The molecule has 6 heteroatoms. The molecule has 146 valence electrons. The van der Waals surface area contributed by atoms with Crippen LogP contribution in [0.25, 0.3) is 0 Å². The van der Waals surface area contributed by atoms with Crippen LogP contribution in [0.5, 0.6) is 0 Å². The van der Waals surface area contributed by atoms with E-state index in [0.717, 1.165) is 32.0 Å². The number of nitrogens with one attached hydrogen (secondary N) is 2. The molecule has 1 heterocycles. The lowest BCUT2D eigenvalue weighted by molar-refractivity contribution is -0.133. The maximum absolute atomic E-state index is 12.1. The Morgan fingerprint density at radius 3 is 2.69 bits per heavy atom. The second kappa shape index (κ2) is 10.7. The number of hydrogen-bond donors (Lipinski definition) is 2. The van der Waals surface area contributed by atoms with Gasteiger partial charge in [-0.2, -0.15) is 0 Å². The minimum absolute atomic E-state index is 0. The summed E-state index contributed by atoms with van der Waals surface area (Å²) in [6.45, 7) is 10.6. The Balaban J connectivity index is 0.00000338. The fraction of sp³-hybridized carbons (Fsp3) is 0.600. The van der Waals surface area contributed by atoms with E-state index in [4.69, 9.17) is 0 Å². The zero-order valence-corrected chi connectivity index (χ0v) is 18.9. The van der Waals surface area contributed by atoms with Gasteiger partial charge in [-0.05, 0) is 24.8 Å². The zero-order chi connectivity index (χ0) is 18.4. The Labute approximate surface area is 175 Å². The lowest BCUT2D eigenvalue weighted by Gasteiger charge is -2.21. The Kier molecular flexibility index (Phi) is 9.39. The SMILES string of the molecule is CN=C(NCC(C)c1cccc(C)c1)NC1CCN(C(=O)C(C)C)C1.I. The van der Waals surface area contributed by atoms with Gasteiger partial charge in [-0.3, -0.25) is 9.79 Å². The van der Waals surface area contributed by atoms with E-state index in [0.29, 0.717) is 5.92 Å². The number of guanidine groups is 1. The van der Waals surface area contributed by atoms with Crippen LogP contribution in [0.3, 0.4) is 0 Å². The van der Waals surface area contributed by atoms with Crippen molar-refractivity contribution in [2.45, 2.75) is 46.1 Å². The van der Waals surface area contributed by atoms with Gasteiger partial charge in [0.1, 0.15) is 0 Å². The number of carbonyl (C=O) groups is 1. The minimum atomic E-state index is 0. The van der Waals surface area contributed by atoms with Crippen molar-refractivity contribution in [2.24, 2.45) is 10.9 Å². The summed E-state index contributed by atoms with van der Waals surface area (Å²) in [5, 5.41) is 6.87. The van der Waals surface area contributed by atoms with E-state index in [-0.39, 0.29) is 41.8 Å². The van der Waals surface area contributed by atoms with E-state index in [1.165, 1.54) is 11.1 Å². The molecule has 26 heavy (non-hydrogen) atoms. The van der Waals surface area contributed by atoms with Gasteiger partial charge in [0.2, 0.25) is 5.91 Å². The van der Waals surface area contributed by atoms with Gasteiger partial charge in [0.05, 0.1) is 0 Å². The Morgan fingerprint density at radius 2 is 2.08 bits per heavy atom. The largest absolute Gasteiger partial charge is 0.356 e. The molecule has 2 N–H and O–H groups in total. The molecule has 1 aliphatic rings. The van der Waals surface area contributed by atoms with Gasteiger partial charge in [-0.15, -0.1) is 24.0 Å². The highest BCUT2D eigenvalue weighted by atomic mass is 127. The number of likely N-dealkylation sites (tertiary alicyclic amines) is 1. The number of nitrogens with zero attached hydrogens (tertiary/aromatic N) is 2. The average Bonchev–Trinajstić information content (AvgIpc) is 3.05. The van der Waals surface area contributed by atoms with Crippen molar-refractivity contribution in [3.8, 4) is 0 Å². The molecule has 5 nitrogen and oxygen atoms in total. The van der Waals surface area contributed by atoms with E-state index in [9.17, 15) is 4.79 Å². The zero-order valence-electron chi connectivity index (χ0n) is 16.6. The van der Waals surface area contributed by atoms with Crippen molar-refractivity contribution in [1.29, 1.82) is 0 Å². The summed E-state index contributed by atoms with van der Waals surface area (Å²) >= 11 is 0. The molecule has 0 aliphatic carbocycles. The quantitative estimate of drug-likeness (QED) is 0.394. The first-order valence-electron chi connectivity index (χ1n) is 9.23. The third kappa shape index (κ3) is 6.45. The first kappa shape index (κ1) is 22.7. The monoisotopic (exact) mass is 472 g/mol. The average molecular weight is 472 g/mol. The van der Waals surface area contributed by atoms with Gasteiger partial charge in [-0.1, -0.05) is 50.6 Å². The molecule has 2 unspecified atom stereocenters. The first-order valence-corrected chi connectivity index (χ1v) is 9.23. The van der Waals surface area contributed by atoms with Crippen molar-refractivity contribution in [3.05, 3.63) is 35.4 Å². The van der Waals surface area contributed by atoms with Crippen LogP contribution < -0.4 is 10.6 Å². The lowest BCUT2D eigenvalue weighted by atomic mass is 9.99. The molecule has 1 aromatic carbocycles. The summed E-state index contributed by atoms with van der Waals surface area (Å²) in [5.74, 6) is 1.51. The third-order valence-corrected chi connectivity index (χ3v) is 4.75. The predicted octanol–water partition coefficient (Wildman–Crippen LogP) is 3.14. The minimum Gasteiger partial charge on any atom is -0.356 e. The second-order valence-electron chi connectivity index (χ2n) is 7.34. The number of benzene rings is 1. The van der Waals surface area contributed by atoms with Crippen LogP contribution in [0.15, 0.2) is 29.3 Å². The van der Waals surface area contributed by atoms with Gasteiger partial charge in [0.25, 0.3) is 0 Å². The second-order valence-corrected chi connectivity index (χ2v) is 7.34. The summed E-state index contributed by atoms with van der Waals surface area (Å²) in [7, 11) is 1.79. The number of carbonyl (C=O) groups excluding carboxylic acids is 1. The van der Waals surface area contributed by atoms with E-state index in [1.807, 2.05) is 18.7 Å². The predicted molar refractivity (Wildman–Crippen MR) is 119 cm³/mol. The summed E-state index contributed by atoms with van der Waals surface area (Å²) in [4.78, 5) is 18.4. The van der Waals surface area contributed by atoms with Crippen molar-refractivity contribution < 1.29 is 4.79 Å². The van der Waals surface area contributed by atoms with Crippen LogP contribution in [0.2, 0.25) is 0 Å². The number of rotatable bonds is 5. The van der Waals surface area contributed by atoms with Crippen molar-refractivity contribution in [1.82, 2.24) is 15.5 Å². The molecule has 1 aromatic rings. The molecule has 1 saturated heterocycles. The highest BCUT2D eigenvalue weighted by Gasteiger charge is 2.27. The van der Waals surface area contributed by atoms with Gasteiger partial charge in [-0.25, -0.2) is 0 Å². The molecule has 1 amide bonds. The Morgan fingerprint density at radius 1 is 1.35 bits per heavy atom. The van der Waals surface area contributed by atoms with Gasteiger partial charge in [0.15, 0.2) is 5.96 Å². The fourth-order valence-electron chi connectivity index (χ4n) is 3.18. The van der Waals surface area contributed by atoms with E-state index < -0.39 is 0 Å². The van der Waals surface area contributed by atoms with Crippen molar-refractivity contribution >= 4 is 35.8 Å². The van der Waals surface area contributed by atoms with Gasteiger partial charge in [0, 0.05) is 38.6 Å². The maximum atomic E-state index is 12.1. The number of aliphatic imine (C=N–C) groups is 1. The number of amides is 1. The summed E-state index contributed by atoms with van der Waals surface area (Å²) in [6.07, 6.45) is 0.965. The van der Waals surface area contributed by atoms with Crippen LogP contribution in [-0.2, 0) is 4.79 Å². The topological polar surface area (TPSA) is 56.7 Å². The fourth-order valence-corrected chi connectivity index (χ4v) is 3.18. The molecular weight excluding hydrogens is 439 g/mol. The molecule has 2 rings (SSSR count). The van der Waals surface area contributed by atoms with Crippen LogP contribution >= 0.6 is 24.0 Å². The smallest absolute Gasteiger partial charge is 0.225 e. The van der Waals surface area contributed by atoms with Crippen molar-refractivity contribution in [3.63, 3.8) is 0 Å². The van der Waals surface area contributed by atoms with E-state index >= 15 is 0 Å². The molecule has 0 aromatic heterocycles. The van der Waals surface area contributed by atoms with Crippen LogP contribution in [0.4, 0.5) is 0 Å². The molecule has 0 saturated carbocycles. The molecule has 0 radical (unpaired) electrons. The first-order chi connectivity index (χ1) is 11.9. The number of halogens is 1. The molecular formula is C20H33IN4O. The maximum Gasteiger partial charge on any atom is 0.225 e. The van der Waals surface area contributed by atoms with Crippen molar-refractivity contribution in [2.75, 3.05) is 26.7 Å². The van der Waals surface area contributed by atoms with Crippen LogP contribution in [0, 0.1) is 12.8 Å². The molecule has 0 bridgehead atoms. The molecule has 2 atom stereocenters. The molecule has 0 spiro atoms. The van der Waals surface area contributed by atoms with Gasteiger partial charge >= 0.3 is 0 Å². The standard InChI is InChI=1S/C20H32N4O.HI/c1-14(2)19(25)24-10-9-18(13-24)23-20(21-5)22-12-16(4)17-8-6-7-15(3)11-17;/h6-8,11,14,16,18H,9-10,12-13H2,1-5H3,(H2,21,22,23);1H. The Bertz CT molecular complexity index is 618. The normalized spacial score (nSPS) is 18.5. The lowest BCUT2D eigenvalue weighted by Crippen LogP contribution is -2.46. The number of aryl methyl sites for hydroxylation is 1. The van der Waals surface area contributed by atoms with E-state index in [1.54, 1.807) is 7.05 Å². The summed E-state index contributed by atoms with van der Waals surface area (Å²) in [6, 6.07) is 8.89. The molecule has 1 aliphatic heterocycles. The van der Waals surface area contributed by atoms with Gasteiger partial charge < -0.3 is 15.5 Å². The summed E-state index contributed by atoms with van der Waals surface area (Å²) in [5.41, 5.74) is 2.62. The van der Waals surface area contributed by atoms with Crippen LogP contribution in [-0.4, -0.2) is 49.5 Å². The summed E-state index contributed by atoms with van der Waals surface area (Å²) < 4.78 is 0. The third-order valence-electron chi connectivity index (χ3n) is 4.75. The molecule has 1 fully saturated rings.